The molecule has 0 unspecified atom stereocenters. The maximum absolute atomic E-state index is 13.0. The van der Waals surface area contributed by atoms with Crippen molar-refractivity contribution >= 4 is 17.9 Å². The first-order valence-electron chi connectivity index (χ1n) is 10.6. The van der Waals surface area contributed by atoms with E-state index >= 15 is 0 Å². The summed E-state index contributed by atoms with van der Waals surface area (Å²) in [5.41, 5.74) is 6.89. The van der Waals surface area contributed by atoms with Gasteiger partial charge in [-0.2, -0.15) is 0 Å². The first-order valence-corrected chi connectivity index (χ1v) is 10.6. The number of urea groups is 1. The van der Waals surface area contributed by atoms with Gasteiger partial charge in [0.1, 0.15) is 0 Å². The minimum atomic E-state index is -0.722. The number of esters is 1. The van der Waals surface area contributed by atoms with Crippen LogP contribution in [0.1, 0.15) is 31.4 Å². The molecule has 1 fully saturated rings. The zero-order valence-corrected chi connectivity index (χ0v) is 18.6. The van der Waals surface area contributed by atoms with Crippen LogP contribution in [0.15, 0.2) is 29.5 Å². The normalized spacial score (nSPS) is 19.7. The van der Waals surface area contributed by atoms with E-state index < -0.39 is 18.0 Å². The van der Waals surface area contributed by atoms with Gasteiger partial charge in [-0.3, -0.25) is 9.69 Å². The van der Waals surface area contributed by atoms with E-state index in [0.717, 1.165) is 0 Å². The number of carbonyl (C=O) groups excluding carboxylic acids is 3. The Hall–Kier alpha value is -3.27. The molecule has 174 valence electrons. The van der Waals surface area contributed by atoms with E-state index in [0.29, 0.717) is 60.8 Å². The number of hydrogen-bond donors (Lipinski definition) is 3. The number of nitrogens with two attached hydrogens (primary N) is 1. The van der Waals surface area contributed by atoms with Crippen molar-refractivity contribution in [2.24, 2.45) is 11.7 Å². The predicted molar refractivity (Wildman–Crippen MR) is 116 cm³/mol. The number of nitrogens with zero attached hydrogens (tertiary/aromatic N) is 1. The number of rotatable bonds is 8. The fourth-order valence-corrected chi connectivity index (χ4v) is 4.07. The maximum Gasteiger partial charge on any atom is 0.338 e. The van der Waals surface area contributed by atoms with Gasteiger partial charge in [0, 0.05) is 18.2 Å². The van der Waals surface area contributed by atoms with Crippen LogP contribution in [0.4, 0.5) is 4.79 Å². The number of hydrogen-bond acceptors (Lipinski definition) is 7. The Kier molecular flexibility index (Phi) is 7.57. The third kappa shape index (κ3) is 5.13. The molecule has 1 saturated heterocycles. The Labute approximate surface area is 187 Å². The fraction of sp³-hybridized carbons (Fsp3) is 0.500. The van der Waals surface area contributed by atoms with E-state index in [4.69, 9.17) is 19.9 Å². The Morgan fingerprint density at radius 3 is 2.44 bits per heavy atom. The van der Waals surface area contributed by atoms with Gasteiger partial charge in [0.25, 0.3) is 0 Å². The van der Waals surface area contributed by atoms with Crippen LogP contribution in [0, 0.1) is 5.92 Å². The van der Waals surface area contributed by atoms with Crippen LogP contribution >= 0.6 is 0 Å². The van der Waals surface area contributed by atoms with Crippen LogP contribution in [0.5, 0.6) is 11.5 Å². The highest BCUT2D eigenvalue weighted by Crippen LogP contribution is 2.34. The van der Waals surface area contributed by atoms with Gasteiger partial charge in [-0.15, -0.1) is 0 Å². The second kappa shape index (κ2) is 10.4. The summed E-state index contributed by atoms with van der Waals surface area (Å²) in [7, 11) is 3.05. The Balaban J connectivity index is 1.95. The highest BCUT2D eigenvalue weighted by Gasteiger charge is 2.35. The van der Waals surface area contributed by atoms with Gasteiger partial charge >= 0.3 is 12.0 Å². The number of amides is 3. The van der Waals surface area contributed by atoms with Crippen molar-refractivity contribution in [3.05, 3.63) is 35.0 Å². The third-order valence-corrected chi connectivity index (χ3v) is 5.76. The largest absolute Gasteiger partial charge is 0.493 e. The molecule has 4 N–H and O–H groups in total. The molecule has 10 heteroatoms. The molecule has 2 heterocycles. The van der Waals surface area contributed by atoms with Crippen molar-refractivity contribution < 1.29 is 28.6 Å². The zero-order valence-electron chi connectivity index (χ0n) is 18.6. The van der Waals surface area contributed by atoms with Crippen molar-refractivity contribution in [3.63, 3.8) is 0 Å². The summed E-state index contributed by atoms with van der Waals surface area (Å²) < 4.78 is 16.0. The number of likely N-dealkylation sites (tertiary alicyclic amines) is 1. The molecule has 0 spiro atoms. The van der Waals surface area contributed by atoms with Gasteiger partial charge in [0.05, 0.1) is 32.4 Å². The van der Waals surface area contributed by atoms with Gasteiger partial charge in [-0.1, -0.05) is 6.07 Å². The highest BCUT2D eigenvalue weighted by atomic mass is 16.5. The smallest absolute Gasteiger partial charge is 0.338 e. The number of ether oxygens (including phenoxy) is 3. The van der Waals surface area contributed by atoms with Gasteiger partial charge in [0.15, 0.2) is 11.5 Å². The van der Waals surface area contributed by atoms with Crippen LogP contribution in [0.3, 0.4) is 0 Å². The van der Waals surface area contributed by atoms with Crippen LogP contribution in [0.2, 0.25) is 0 Å². The van der Waals surface area contributed by atoms with Crippen LogP contribution < -0.4 is 25.8 Å². The topological polar surface area (TPSA) is 132 Å². The highest BCUT2D eigenvalue weighted by molar-refractivity contribution is 5.95. The lowest BCUT2D eigenvalue weighted by Crippen LogP contribution is -2.49. The van der Waals surface area contributed by atoms with Crippen molar-refractivity contribution in [3.8, 4) is 11.5 Å². The summed E-state index contributed by atoms with van der Waals surface area (Å²) in [4.78, 5) is 39.0. The predicted octanol–water partition coefficient (Wildman–Crippen LogP) is 1.07. The maximum atomic E-state index is 13.0. The third-order valence-electron chi connectivity index (χ3n) is 5.76. The van der Waals surface area contributed by atoms with E-state index in [1.54, 1.807) is 25.1 Å². The lowest BCUT2D eigenvalue weighted by molar-refractivity contribution is -0.139. The first kappa shape index (κ1) is 23.4. The van der Waals surface area contributed by atoms with Crippen molar-refractivity contribution in [1.82, 2.24) is 15.5 Å². The molecular formula is C22H30N4O6. The molecule has 3 amide bonds. The molecule has 0 aromatic heterocycles. The van der Waals surface area contributed by atoms with E-state index in [1.807, 2.05) is 0 Å². The molecule has 1 aromatic carbocycles. The van der Waals surface area contributed by atoms with Crippen molar-refractivity contribution in [2.75, 3.05) is 40.5 Å². The number of carbonyl (C=O) groups is 3. The van der Waals surface area contributed by atoms with Crippen molar-refractivity contribution in [2.45, 2.75) is 25.8 Å². The molecule has 0 saturated carbocycles. The first-order chi connectivity index (χ1) is 15.4. The number of methoxy groups -OCH3 is 2. The molecule has 2 aliphatic rings. The van der Waals surface area contributed by atoms with Crippen LogP contribution in [0.25, 0.3) is 0 Å². The van der Waals surface area contributed by atoms with E-state index in [2.05, 4.69) is 15.5 Å². The monoisotopic (exact) mass is 446 g/mol. The zero-order chi connectivity index (χ0) is 23.3. The molecule has 0 radical (unpaired) electrons. The average Bonchev–Trinajstić information content (AvgIpc) is 2.78. The van der Waals surface area contributed by atoms with Crippen molar-refractivity contribution in [1.29, 1.82) is 0 Å². The van der Waals surface area contributed by atoms with E-state index in [1.165, 1.54) is 14.2 Å². The summed E-state index contributed by atoms with van der Waals surface area (Å²) in [5.74, 6) is 0.0697. The molecule has 1 atom stereocenters. The van der Waals surface area contributed by atoms with Gasteiger partial charge < -0.3 is 30.6 Å². The summed E-state index contributed by atoms with van der Waals surface area (Å²) >= 11 is 0. The Morgan fingerprint density at radius 2 is 1.84 bits per heavy atom. The fourth-order valence-electron chi connectivity index (χ4n) is 4.07. The lowest BCUT2D eigenvalue weighted by atomic mass is 9.93. The number of benzene rings is 1. The molecule has 10 nitrogen and oxygen atoms in total. The summed E-state index contributed by atoms with van der Waals surface area (Å²) in [6, 6.07) is 4.08. The standard InChI is InChI=1S/C22H30N4O6/c1-4-32-21(28)18-15(12-26-9-7-13(8-10-26)20(23)27)24-22(29)25-19(18)14-5-6-16(30-2)17(11-14)31-3/h5-6,11,13,19H,4,7-10,12H2,1-3H3,(H2,23,27)(H2,24,25,29)/t19-/m1/s1. The number of nitrogens with one attached hydrogen (secondary N) is 2. The van der Waals surface area contributed by atoms with Crippen LogP contribution in [-0.2, 0) is 14.3 Å². The van der Waals surface area contributed by atoms with Crippen LogP contribution in [-0.4, -0.2) is 63.3 Å². The summed E-state index contributed by atoms with van der Waals surface area (Å²) in [5, 5.41) is 5.59. The van der Waals surface area contributed by atoms with Gasteiger partial charge in [-0.05, 0) is 50.6 Å². The number of piperidine rings is 1. The molecular weight excluding hydrogens is 416 g/mol. The Bertz CT molecular complexity index is 908. The van der Waals surface area contributed by atoms with Gasteiger partial charge in [0.2, 0.25) is 5.91 Å². The SMILES string of the molecule is CCOC(=O)C1=C(CN2CCC(C(N)=O)CC2)NC(=O)N[C@@H]1c1ccc(OC)c(OC)c1. The number of primary amides is 1. The quantitative estimate of drug-likeness (QED) is 0.509. The van der Waals surface area contributed by atoms with E-state index in [-0.39, 0.29) is 18.4 Å². The molecule has 0 aliphatic carbocycles. The second-order valence-corrected chi connectivity index (χ2v) is 7.71. The summed E-state index contributed by atoms with van der Waals surface area (Å²) in [6.07, 6.45) is 1.28. The minimum Gasteiger partial charge on any atom is -0.493 e. The van der Waals surface area contributed by atoms with E-state index in [9.17, 15) is 14.4 Å². The van der Waals surface area contributed by atoms with Gasteiger partial charge in [-0.25, -0.2) is 9.59 Å². The summed E-state index contributed by atoms with van der Waals surface area (Å²) in [6.45, 7) is 3.55. The molecule has 1 aromatic rings. The average molecular weight is 447 g/mol. The molecule has 0 bridgehead atoms. The molecule has 2 aliphatic heterocycles. The Morgan fingerprint density at radius 1 is 1.16 bits per heavy atom. The minimum absolute atomic E-state index is 0.146. The molecule has 3 rings (SSSR count). The lowest BCUT2D eigenvalue weighted by Gasteiger charge is -2.34. The molecule has 32 heavy (non-hydrogen) atoms. The second-order valence-electron chi connectivity index (χ2n) is 7.71.